The summed E-state index contributed by atoms with van der Waals surface area (Å²) in [5.74, 6) is 0.507. The predicted octanol–water partition coefficient (Wildman–Crippen LogP) is 4.89. The lowest BCUT2D eigenvalue weighted by Gasteiger charge is -2.05. The van der Waals surface area contributed by atoms with Crippen LogP contribution in [0.25, 0.3) is 22.6 Å². The Bertz CT molecular complexity index is 826. The number of nitrogens with zero attached hydrogens (tertiary/aromatic N) is 1. The van der Waals surface area contributed by atoms with Crippen molar-refractivity contribution < 1.29 is 9.21 Å². The molecule has 0 spiro atoms. The molecule has 0 aliphatic carbocycles. The molecule has 0 radical (unpaired) electrons. The van der Waals surface area contributed by atoms with Crippen molar-refractivity contribution in [3.8, 4) is 11.5 Å². The molecule has 4 nitrogen and oxygen atoms in total. The van der Waals surface area contributed by atoms with Gasteiger partial charge in [0.1, 0.15) is 5.52 Å². The third kappa shape index (κ3) is 3.12. The van der Waals surface area contributed by atoms with Gasteiger partial charge in [0, 0.05) is 22.7 Å². The van der Waals surface area contributed by atoms with Crippen LogP contribution in [0.15, 0.2) is 46.9 Å². The molecule has 22 heavy (non-hydrogen) atoms. The first-order valence-corrected chi connectivity index (χ1v) is 7.50. The van der Waals surface area contributed by atoms with Gasteiger partial charge in [-0.3, -0.25) is 4.79 Å². The Hall–Kier alpha value is -2.33. The van der Waals surface area contributed by atoms with Crippen molar-refractivity contribution in [2.75, 3.05) is 5.32 Å². The van der Waals surface area contributed by atoms with Crippen LogP contribution >= 0.6 is 11.6 Å². The number of aromatic nitrogens is 1. The van der Waals surface area contributed by atoms with Crippen LogP contribution in [0.5, 0.6) is 0 Å². The van der Waals surface area contributed by atoms with E-state index in [2.05, 4.69) is 10.3 Å². The molecule has 0 aliphatic rings. The van der Waals surface area contributed by atoms with E-state index in [4.69, 9.17) is 16.0 Å². The number of amides is 1. The summed E-state index contributed by atoms with van der Waals surface area (Å²) >= 11 is 5.96. The van der Waals surface area contributed by atoms with Gasteiger partial charge in [-0.2, -0.15) is 0 Å². The Morgan fingerprint density at radius 3 is 2.95 bits per heavy atom. The second-order valence-electron chi connectivity index (χ2n) is 5.01. The summed E-state index contributed by atoms with van der Waals surface area (Å²) in [6, 6.07) is 12.8. The average molecular weight is 315 g/mol. The number of rotatable bonds is 4. The van der Waals surface area contributed by atoms with Gasteiger partial charge in [-0.1, -0.05) is 24.6 Å². The first kappa shape index (κ1) is 14.6. The minimum Gasteiger partial charge on any atom is -0.436 e. The zero-order chi connectivity index (χ0) is 15.5. The van der Waals surface area contributed by atoms with Gasteiger partial charge in [0.2, 0.25) is 11.8 Å². The van der Waals surface area contributed by atoms with Gasteiger partial charge in [-0.15, -0.1) is 0 Å². The van der Waals surface area contributed by atoms with Crippen LogP contribution in [-0.2, 0) is 4.79 Å². The van der Waals surface area contributed by atoms with Gasteiger partial charge in [-0.25, -0.2) is 4.98 Å². The third-order valence-electron chi connectivity index (χ3n) is 3.22. The Kier molecular flexibility index (Phi) is 4.11. The Morgan fingerprint density at radius 1 is 1.27 bits per heavy atom. The van der Waals surface area contributed by atoms with Crippen LogP contribution < -0.4 is 5.32 Å². The molecule has 1 heterocycles. The van der Waals surface area contributed by atoms with Gasteiger partial charge in [0.15, 0.2) is 5.58 Å². The first-order valence-electron chi connectivity index (χ1n) is 7.12. The summed E-state index contributed by atoms with van der Waals surface area (Å²) < 4.78 is 5.73. The number of anilines is 1. The molecule has 0 atom stereocenters. The number of benzene rings is 2. The van der Waals surface area contributed by atoms with Crippen molar-refractivity contribution in [1.82, 2.24) is 4.98 Å². The summed E-state index contributed by atoms with van der Waals surface area (Å²) in [5, 5.41) is 3.48. The van der Waals surface area contributed by atoms with E-state index in [1.54, 1.807) is 18.2 Å². The largest absolute Gasteiger partial charge is 0.436 e. The zero-order valence-corrected chi connectivity index (χ0v) is 12.9. The molecule has 2 aromatic carbocycles. The smallest absolute Gasteiger partial charge is 0.227 e. The van der Waals surface area contributed by atoms with E-state index in [0.29, 0.717) is 28.4 Å². The SMILES string of the molecule is CCCC(=O)Nc1cccc(-c2nc3cc(Cl)ccc3o2)c1. The van der Waals surface area contributed by atoms with E-state index in [-0.39, 0.29) is 5.91 Å². The lowest BCUT2D eigenvalue weighted by Crippen LogP contribution is -2.10. The van der Waals surface area contributed by atoms with Gasteiger partial charge in [0.25, 0.3) is 0 Å². The summed E-state index contributed by atoms with van der Waals surface area (Å²) in [6.45, 7) is 1.97. The highest BCUT2D eigenvalue weighted by molar-refractivity contribution is 6.31. The first-order chi connectivity index (χ1) is 10.7. The molecule has 1 aromatic heterocycles. The molecule has 3 rings (SSSR count). The molecule has 3 aromatic rings. The van der Waals surface area contributed by atoms with E-state index in [1.807, 2.05) is 31.2 Å². The van der Waals surface area contributed by atoms with Gasteiger partial charge in [-0.05, 0) is 42.8 Å². The molecule has 0 fully saturated rings. The van der Waals surface area contributed by atoms with Crippen molar-refractivity contribution in [3.63, 3.8) is 0 Å². The third-order valence-corrected chi connectivity index (χ3v) is 3.46. The zero-order valence-electron chi connectivity index (χ0n) is 12.1. The number of hydrogen-bond acceptors (Lipinski definition) is 3. The number of fused-ring (bicyclic) bond motifs is 1. The minimum atomic E-state index is 0.00370. The molecular weight excluding hydrogens is 300 g/mol. The molecule has 1 amide bonds. The monoisotopic (exact) mass is 314 g/mol. The summed E-state index contributed by atoms with van der Waals surface area (Å²) in [7, 11) is 0. The maximum atomic E-state index is 11.7. The highest BCUT2D eigenvalue weighted by Gasteiger charge is 2.10. The van der Waals surface area contributed by atoms with Crippen molar-refractivity contribution in [2.24, 2.45) is 0 Å². The maximum Gasteiger partial charge on any atom is 0.227 e. The number of carbonyl (C=O) groups excluding carboxylic acids is 1. The maximum absolute atomic E-state index is 11.7. The minimum absolute atomic E-state index is 0.00370. The number of halogens is 1. The number of oxazole rings is 1. The molecule has 0 aliphatic heterocycles. The quantitative estimate of drug-likeness (QED) is 0.746. The molecular formula is C17H15ClN2O2. The van der Waals surface area contributed by atoms with Crippen LogP contribution in [0, 0.1) is 0 Å². The topological polar surface area (TPSA) is 55.1 Å². The van der Waals surface area contributed by atoms with Gasteiger partial charge in [0.05, 0.1) is 0 Å². The lowest BCUT2D eigenvalue weighted by molar-refractivity contribution is -0.116. The van der Waals surface area contributed by atoms with E-state index < -0.39 is 0 Å². The molecule has 0 bridgehead atoms. The summed E-state index contributed by atoms with van der Waals surface area (Å²) in [6.07, 6.45) is 1.32. The molecule has 0 unspecified atom stereocenters. The van der Waals surface area contributed by atoms with Gasteiger partial charge < -0.3 is 9.73 Å². The number of nitrogens with one attached hydrogen (secondary N) is 1. The van der Waals surface area contributed by atoms with Crippen molar-refractivity contribution in [3.05, 3.63) is 47.5 Å². The fraction of sp³-hybridized carbons (Fsp3) is 0.176. The fourth-order valence-corrected chi connectivity index (χ4v) is 2.37. The van der Waals surface area contributed by atoms with E-state index in [9.17, 15) is 4.79 Å². The molecule has 1 N–H and O–H groups in total. The standard InChI is InChI=1S/C17H15ClN2O2/c1-2-4-16(21)19-13-6-3-5-11(9-13)17-20-14-10-12(18)7-8-15(14)22-17/h3,5-10H,2,4H2,1H3,(H,19,21). The normalized spacial score (nSPS) is 10.8. The molecule has 112 valence electrons. The second-order valence-corrected chi connectivity index (χ2v) is 5.45. The van der Waals surface area contributed by atoms with E-state index in [0.717, 1.165) is 17.7 Å². The van der Waals surface area contributed by atoms with Crippen molar-refractivity contribution in [2.45, 2.75) is 19.8 Å². The van der Waals surface area contributed by atoms with Crippen LogP contribution in [-0.4, -0.2) is 10.9 Å². The van der Waals surface area contributed by atoms with Crippen molar-refractivity contribution in [1.29, 1.82) is 0 Å². The number of carbonyl (C=O) groups is 1. The number of hydrogen-bond donors (Lipinski definition) is 1. The van der Waals surface area contributed by atoms with E-state index >= 15 is 0 Å². The Labute approximate surface area is 133 Å². The summed E-state index contributed by atoms with van der Waals surface area (Å²) in [4.78, 5) is 16.1. The highest BCUT2D eigenvalue weighted by Crippen LogP contribution is 2.27. The fourth-order valence-electron chi connectivity index (χ4n) is 2.20. The second kappa shape index (κ2) is 6.20. The van der Waals surface area contributed by atoms with Crippen molar-refractivity contribution >= 4 is 34.3 Å². The lowest BCUT2D eigenvalue weighted by atomic mass is 10.2. The van der Waals surface area contributed by atoms with Crippen LogP contribution in [0.2, 0.25) is 5.02 Å². The van der Waals surface area contributed by atoms with E-state index in [1.165, 1.54) is 0 Å². The predicted molar refractivity (Wildman–Crippen MR) is 88.0 cm³/mol. The molecule has 0 saturated heterocycles. The Balaban J connectivity index is 1.91. The Morgan fingerprint density at radius 2 is 2.14 bits per heavy atom. The highest BCUT2D eigenvalue weighted by atomic mass is 35.5. The average Bonchev–Trinajstić information content (AvgIpc) is 2.90. The van der Waals surface area contributed by atoms with Crippen LogP contribution in [0.4, 0.5) is 5.69 Å². The van der Waals surface area contributed by atoms with Gasteiger partial charge >= 0.3 is 0 Å². The molecule has 5 heteroatoms. The van der Waals surface area contributed by atoms with Crippen LogP contribution in [0.3, 0.4) is 0 Å². The summed E-state index contributed by atoms with van der Waals surface area (Å²) in [5.41, 5.74) is 2.93. The van der Waals surface area contributed by atoms with Crippen LogP contribution in [0.1, 0.15) is 19.8 Å². The molecule has 0 saturated carbocycles.